The molecule has 3 rings (SSSR count). The summed E-state index contributed by atoms with van der Waals surface area (Å²) in [6, 6.07) is 5.35. The van der Waals surface area contributed by atoms with Gasteiger partial charge in [-0.2, -0.15) is 0 Å². The average molecular weight is 419 g/mol. The number of hydrogen-bond acceptors (Lipinski definition) is 4. The van der Waals surface area contributed by atoms with E-state index in [-0.39, 0.29) is 17.4 Å². The highest BCUT2D eigenvalue weighted by atomic mass is 35.5. The van der Waals surface area contributed by atoms with Crippen LogP contribution in [0.25, 0.3) is 0 Å². The van der Waals surface area contributed by atoms with Crippen molar-refractivity contribution < 1.29 is 13.2 Å². The molecule has 0 N–H and O–H groups in total. The highest BCUT2D eigenvalue weighted by Crippen LogP contribution is 2.25. The molecule has 2 aliphatic rings. The van der Waals surface area contributed by atoms with Gasteiger partial charge in [-0.15, -0.1) is 0 Å². The number of benzene rings is 1. The topological polar surface area (TPSA) is 57.7 Å². The van der Waals surface area contributed by atoms with E-state index in [0.29, 0.717) is 29.6 Å². The molecule has 0 aromatic heterocycles. The van der Waals surface area contributed by atoms with E-state index in [0.717, 1.165) is 25.2 Å². The molecule has 0 unspecified atom stereocenters. The van der Waals surface area contributed by atoms with Crippen LogP contribution in [0.3, 0.4) is 0 Å². The third-order valence-electron chi connectivity index (χ3n) is 5.14. The second kappa shape index (κ2) is 8.46. The minimum Gasteiger partial charge on any atom is -0.337 e. The molecule has 0 radical (unpaired) electrons. The molecule has 0 bridgehead atoms. The van der Waals surface area contributed by atoms with Crippen molar-refractivity contribution in [3.8, 4) is 0 Å². The van der Waals surface area contributed by atoms with Crippen molar-refractivity contribution in [2.24, 2.45) is 5.92 Å². The number of likely N-dealkylation sites (tertiary alicyclic amines) is 1. The maximum Gasteiger partial charge on any atom is 0.227 e. The van der Waals surface area contributed by atoms with E-state index in [1.807, 2.05) is 6.07 Å². The fourth-order valence-electron chi connectivity index (χ4n) is 3.64. The van der Waals surface area contributed by atoms with Gasteiger partial charge in [-0.25, -0.2) is 8.42 Å². The van der Waals surface area contributed by atoms with Gasteiger partial charge in [0, 0.05) is 19.6 Å². The number of sulfone groups is 1. The molecule has 5 nitrogen and oxygen atoms in total. The number of halogens is 2. The van der Waals surface area contributed by atoms with Crippen LogP contribution in [0.15, 0.2) is 18.2 Å². The Morgan fingerprint density at radius 3 is 2.54 bits per heavy atom. The van der Waals surface area contributed by atoms with Crippen LogP contribution in [-0.4, -0.2) is 61.8 Å². The van der Waals surface area contributed by atoms with Gasteiger partial charge in [0.25, 0.3) is 0 Å². The zero-order valence-electron chi connectivity index (χ0n) is 14.7. The van der Waals surface area contributed by atoms with Crippen LogP contribution in [0.2, 0.25) is 10.0 Å². The Labute approximate surface area is 165 Å². The molecule has 1 aromatic rings. The lowest BCUT2D eigenvalue weighted by Gasteiger charge is -2.28. The summed E-state index contributed by atoms with van der Waals surface area (Å²) in [4.78, 5) is 17.1. The van der Waals surface area contributed by atoms with Gasteiger partial charge >= 0.3 is 0 Å². The SMILES string of the molecule is O=C([C@@H]1CCS(=O)(=O)C1)N(CCN1CCCC1)Cc1ccc(Cl)c(Cl)c1. The molecule has 2 aliphatic heterocycles. The number of nitrogens with zero attached hydrogens (tertiary/aromatic N) is 2. The molecule has 0 spiro atoms. The predicted molar refractivity (Wildman–Crippen MR) is 104 cm³/mol. The lowest BCUT2D eigenvalue weighted by molar-refractivity contribution is -0.135. The van der Waals surface area contributed by atoms with Crippen LogP contribution in [0, 0.1) is 5.92 Å². The molecular formula is C18H24Cl2N2O3S. The van der Waals surface area contributed by atoms with Gasteiger partial charge in [0.05, 0.1) is 27.5 Å². The Morgan fingerprint density at radius 1 is 1.19 bits per heavy atom. The van der Waals surface area contributed by atoms with Gasteiger partial charge in [0.2, 0.25) is 5.91 Å². The standard InChI is InChI=1S/C18H24Cl2N2O3S/c19-16-4-3-14(11-17(16)20)12-22(9-8-21-6-1-2-7-21)18(23)15-5-10-26(24,25)13-15/h3-4,11,15H,1-2,5-10,12-13H2/t15-/m1/s1. The van der Waals surface area contributed by atoms with E-state index in [2.05, 4.69) is 4.90 Å². The average Bonchev–Trinajstić information content (AvgIpc) is 3.23. The Kier molecular flexibility index (Phi) is 6.49. The van der Waals surface area contributed by atoms with Crippen LogP contribution >= 0.6 is 23.2 Å². The minimum absolute atomic E-state index is 0.0343. The molecule has 2 fully saturated rings. The summed E-state index contributed by atoms with van der Waals surface area (Å²) in [5.41, 5.74) is 0.898. The lowest BCUT2D eigenvalue weighted by atomic mass is 10.1. The Balaban J connectivity index is 1.71. The van der Waals surface area contributed by atoms with Crippen molar-refractivity contribution in [3.63, 3.8) is 0 Å². The van der Waals surface area contributed by atoms with E-state index in [1.54, 1.807) is 17.0 Å². The van der Waals surface area contributed by atoms with Crippen molar-refractivity contribution >= 4 is 38.9 Å². The maximum absolute atomic E-state index is 13.0. The fraction of sp³-hybridized carbons (Fsp3) is 0.611. The number of hydrogen-bond donors (Lipinski definition) is 0. The summed E-state index contributed by atoms with van der Waals surface area (Å²) in [7, 11) is -3.09. The van der Waals surface area contributed by atoms with Gasteiger partial charge in [-0.1, -0.05) is 29.3 Å². The van der Waals surface area contributed by atoms with Crippen molar-refractivity contribution in [1.82, 2.24) is 9.80 Å². The fourth-order valence-corrected chi connectivity index (χ4v) is 5.70. The smallest absolute Gasteiger partial charge is 0.227 e. The Morgan fingerprint density at radius 2 is 1.92 bits per heavy atom. The summed E-state index contributed by atoms with van der Waals surface area (Å²) in [5, 5.41) is 0.937. The quantitative estimate of drug-likeness (QED) is 0.712. The highest BCUT2D eigenvalue weighted by molar-refractivity contribution is 7.91. The van der Waals surface area contributed by atoms with Crippen molar-refractivity contribution in [2.75, 3.05) is 37.7 Å². The number of amides is 1. The molecule has 144 valence electrons. The van der Waals surface area contributed by atoms with Gasteiger partial charge < -0.3 is 9.80 Å². The van der Waals surface area contributed by atoms with E-state index < -0.39 is 15.8 Å². The Bertz CT molecular complexity index is 764. The third kappa shape index (κ3) is 5.12. The van der Waals surface area contributed by atoms with Gasteiger partial charge in [-0.05, 0) is 50.0 Å². The molecule has 26 heavy (non-hydrogen) atoms. The van der Waals surface area contributed by atoms with Gasteiger partial charge in [0.15, 0.2) is 9.84 Å². The molecule has 1 aromatic carbocycles. The Hall–Kier alpha value is -0.820. The minimum atomic E-state index is -3.09. The van der Waals surface area contributed by atoms with Crippen molar-refractivity contribution in [3.05, 3.63) is 33.8 Å². The summed E-state index contributed by atoms with van der Waals surface area (Å²) >= 11 is 12.1. The third-order valence-corrected chi connectivity index (χ3v) is 7.64. The lowest BCUT2D eigenvalue weighted by Crippen LogP contribution is -2.41. The van der Waals surface area contributed by atoms with Crippen LogP contribution in [-0.2, 0) is 21.2 Å². The number of carbonyl (C=O) groups is 1. The normalized spacial score (nSPS) is 22.6. The van der Waals surface area contributed by atoms with Crippen molar-refractivity contribution in [1.29, 1.82) is 0 Å². The second-order valence-corrected chi connectivity index (χ2v) is 10.2. The number of carbonyl (C=O) groups excluding carboxylic acids is 1. The molecule has 1 amide bonds. The molecule has 8 heteroatoms. The van der Waals surface area contributed by atoms with E-state index in [1.165, 1.54) is 12.8 Å². The summed E-state index contributed by atoms with van der Waals surface area (Å²) in [5.74, 6) is -0.429. The van der Waals surface area contributed by atoms with Gasteiger partial charge in [-0.3, -0.25) is 4.79 Å². The zero-order valence-corrected chi connectivity index (χ0v) is 17.0. The summed E-state index contributed by atoms with van der Waals surface area (Å²) in [6.07, 6.45) is 2.81. The zero-order chi connectivity index (χ0) is 18.7. The molecule has 0 saturated carbocycles. The molecule has 2 saturated heterocycles. The molecule has 2 heterocycles. The molecule has 0 aliphatic carbocycles. The van der Waals surface area contributed by atoms with Crippen LogP contribution in [0.1, 0.15) is 24.8 Å². The summed E-state index contributed by atoms with van der Waals surface area (Å²) < 4.78 is 23.5. The first-order chi connectivity index (χ1) is 12.3. The first-order valence-electron chi connectivity index (χ1n) is 8.99. The van der Waals surface area contributed by atoms with Crippen molar-refractivity contribution in [2.45, 2.75) is 25.8 Å². The summed E-state index contributed by atoms with van der Waals surface area (Å²) in [6.45, 7) is 3.95. The van der Waals surface area contributed by atoms with Gasteiger partial charge in [0.1, 0.15) is 0 Å². The first kappa shape index (κ1) is 19.9. The molecule has 1 atom stereocenters. The van der Waals surface area contributed by atoms with Crippen LogP contribution < -0.4 is 0 Å². The second-order valence-electron chi connectivity index (χ2n) is 7.16. The van der Waals surface area contributed by atoms with Crippen LogP contribution in [0.4, 0.5) is 0 Å². The largest absolute Gasteiger partial charge is 0.337 e. The van der Waals surface area contributed by atoms with Crippen LogP contribution in [0.5, 0.6) is 0 Å². The predicted octanol–water partition coefficient (Wildman–Crippen LogP) is 2.85. The highest BCUT2D eigenvalue weighted by Gasteiger charge is 2.35. The first-order valence-corrected chi connectivity index (χ1v) is 11.6. The monoisotopic (exact) mass is 418 g/mol. The van der Waals surface area contributed by atoms with E-state index >= 15 is 0 Å². The number of rotatable bonds is 6. The molecular weight excluding hydrogens is 395 g/mol. The van der Waals surface area contributed by atoms with E-state index in [9.17, 15) is 13.2 Å². The maximum atomic E-state index is 13.0. The van der Waals surface area contributed by atoms with E-state index in [4.69, 9.17) is 23.2 Å².